The SMILES string of the molecule is COCc1nc(N2CCSC(C)C2C)sc1CN. The number of aromatic nitrogens is 1. The maximum absolute atomic E-state index is 5.78. The van der Waals surface area contributed by atoms with Gasteiger partial charge < -0.3 is 15.4 Å². The van der Waals surface area contributed by atoms with E-state index in [0.717, 1.165) is 22.2 Å². The van der Waals surface area contributed by atoms with Gasteiger partial charge in [0.25, 0.3) is 0 Å². The third-order valence-electron chi connectivity index (χ3n) is 3.36. The first kappa shape index (κ1) is 14.1. The van der Waals surface area contributed by atoms with Crippen molar-refractivity contribution in [3.05, 3.63) is 10.6 Å². The van der Waals surface area contributed by atoms with Crippen LogP contribution < -0.4 is 10.6 Å². The van der Waals surface area contributed by atoms with Crippen molar-refractivity contribution in [3.8, 4) is 0 Å². The van der Waals surface area contributed by atoms with Gasteiger partial charge in [0.2, 0.25) is 0 Å². The second-order valence-corrected chi connectivity index (χ2v) is 7.06. The van der Waals surface area contributed by atoms with Crippen LogP contribution in [-0.2, 0) is 17.9 Å². The molecule has 1 aromatic heterocycles. The zero-order chi connectivity index (χ0) is 13.1. The van der Waals surface area contributed by atoms with Crippen molar-refractivity contribution in [2.75, 3.05) is 24.3 Å². The van der Waals surface area contributed by atoms with Gasteiger partial charge in [-0.05, 0) is 6.92 Å². The number of nitrogens with zero attached hydrogens (tertiary/aromatic N) is 2. The van der Waals surface area contributed by atoms with E-state index in [4.69, 9.17) is 15.5 Å². The number of thiazole rings is 1. The predicted octanol–water partition coefficient (Wildman–Crippen LogP) is 2.08. The molecule has 0 spiro atoms. The van der Waals surface area contributed by atoms with Gasteiger partial charge in [0, 0.05) is 42.1 Å². The first-order valence-corrected chi connectivity index (χ1v) is 8.09. The molecular weight excluding hydrogens is 266 g/mol. The molecule has 1 saturated heterocycles. The predicted molar refractivity (Wildman–Crippen MR) is 79.4 cm³/mol. The molecule has 4 nitrogen and oxygen atoms in total. The van der Waals surface area contributed by atoms with Crippen LogP contribution in [0.3, 0.4) is 0 Å². The standard InChI is InChI=1S/C12H21N3OS2/c1-8-9(2)17-5-4-15(8)12-14-10(7-16-3)11(6-13)18-12/h8-9H,4-7,13H2,1-3H3. The van der Waals surface area contributed by atoms with Gasteiger partial charge in [0.15, 0.2) is 5.13 Å². The van der Waals surface area contributed by atoms with Crippen LogP contribution in [0.2, 0.25) is 0 Å². The van der Waals surface area contributed by atoms with Crippen LogP contribution in [0.1, 0.15) is 24.4 Å². The van der Waals surface area contributed by atoms with Gasteiger partial charge in [-0.2, -0.15) is 11.8 Å². The fraction of sp³-hybridized carbons (Fsp3) is 0.750. The first-order valence-electron chi connectivity index (χ1n) is 6.23. The van der Waals surface area contributed by atoms with E-state index in [1.165, 1.54) is 5.75 Å². The summed E-state index contributed by atoms with van der Waals surface area (Å²) in [6, 6.07) is 0.524. The summed E-state index contributed by atoms with van der Waals surface area (Å²) in [6.45, 7) is 6.73. The molecule has 1 fully saturated rings. The molecule has 0 saturated carbocycles. The van der Waals surface area contributed by atoms with Crippen molar-refractivity contribution in [1.82, 2.24) is 4.98 Å². The topological polar surface area (TPSA) is 51.4 Å². The van der Waals surface area contributed by atoms with E-state index in [-0.39, 0.29) is 0 Å². The number of hydrogen-bond donors (Lipinski definition) is 1. The van der Waals surface area contributed by atoms with E-state index >= 15 is 0 Å². The van der Waals surface area contributed by atoms with Crippen LogP contribution in [-0.4, -0.2) is 35.7 Å². The average Bonchev–Trinajstić information content (AvgIpc) is 2.76. The zero-order valence-corrected chi connectivity index (χ0v) is 12.8. The number of methoxy groups -OCH3 is 1. The molecule has 0 bridgehead atoms. The lowest BCUT2D eigenvalue weighted by atomic mass is 10.2. The Morgan fingerprint density at radius 3 is 2.94 bits per heavy atom. The number of ether oxygens (including phenoxy) is 1. The van der Waals surface area contributed by atoms with Gasteiger partial charge >= 0.3 is 0 Å². The van der Waals surface area contributed by atoms with E-state index in [2.05, 4.69) is 18.7 Å². The Labute approximate surface area is 117 Å². The van der Waals surface area contributed by atoms with E-state index in [1.54, 1.807) is 18.4 Å². The van der Waals surface area contributed by atoms with Crippen molar-refractivity contribution < 1.29 is 4.74 Å². The van der Waals surface area contributed by atoms with Gasteiger partial charge in [-0.3, -0.25) is 0 Å². The Morgan fingerprint density at radius 2 is 2.28 bits per heavy atom. The molecule has 2 N–H and O–H groups in total. The fourth-order valence-electron chi connectivity index (χ4n) is 2.10. The molecule has 18 heavy (non-hydrogen) atoms. The van der Waals surface area contributed by atoms with Crippen LogP contribution in [0.15, 0.2) is 0 Å². The Morgan fingerprint density at radius 1 is 1.50 bits per heavy atom. The highest BCUT2D eigenvalue weighted by molar-refractivity contribution is 8.00. The third-order valence-corrected chi connectivity index (χ3v) is 5.86. The molecule has 1 aromatic rings. The number of nitrogens with two attached hydrogens (primary N) is 1. The van der Waals surface area contributed by atoms with Crippen molar-refractivity contribution in [1.29, 1.82) is 0 Å². The lowest BCUT2D eigenvalue weighted by molar-refractivity contribution is 0.181. The van der Waals surface area contributed by atoms with Gasteiger partial charge in [0.05, 0.1) is 12.3 Å². The van der Waals surface area contributed by atoms with Gasteiger partial charge in [-0.15, -0.1) is 11.3 Å². The van der Waals surface area contributed by atoms with Crippen LogP contribution in [0.25, 0.3) is 0 Å². The number of thioether (sulfide) groups is 1. The average molecular weight is 287 g/mol. The van der Waals surface area contributed by atoms with Crippen LogP contribution in [0, 0.1) is 0 Å². The highest BCUT2D eigenvalue weighted by atomic mass is 32.2. The van der Waals surface area contributed by atoms with Crippen molar-refractivity contribution in [2.45, 2.75) is 38.3 Å². The summed E-state index contributed by atoms with van der Waals surface area (Å²) >= 11 is 3.75. The molecule has 0 aromatic carbocycles. The summed E-state index contributed by atoms with van der Waals surface area (Å²) in [5.74, 6) is 1.17. The molecule has 2 heterocycles. The molecule has 0 amide bonds. The normalized spacial score (nSPS) is 24.6. The monoisotopic (exact) mass is 287 g/mol. The summed E-state index contributed by atoms with van der Waals surface area (Å²) in [4.78, 5) is 8.26. The maximum atomic E-state index is 5.78. The molecule has 0 aliphatic carbocycles. The van der Waals surface area contributed by atoms with Crippen LogP contribution in [0.5, 0.6) is 0 Å². The summed E-state index contributed by atoms with van der Waals surface area (Å²) in [5, 5.41) is 1.75. The zero-order valence-electron chi connectivity index (χ0n) is 11.2. The number of hydrogen-bond acceptors (Lipinski definition) is 6. The third kappa shape index (κ3) is 2.82. The lowest BCUT2D eigenvalue weighted by Gasteiger charge is -2.37. The molecule has 2 unspecified atom stereocenters. The van der Waals surface area contributed by atoms with E-state index in [1.807, 2.05) is 11.8 Å². The Kier molecular flexibility index (Phi) is 4.89. The summed E-state index contributed by atoms with van der Waals surface area (Å²) in [6.07, 6.45) is 0. The number of anilines is 1. The fourth-order valence-corrected chi connectivity index (χ4v) is 4.26. The molecule has 2 rings (SSSR count). The van der Waals surface area contributed by atoms with E-state index in [9.17, 15) is 0 Å². The Balaban J connectivity index is 2.21. The van der Waals surface area contributed by atoms with Crippen molar-refractivity contribution in [3.63, 3.8) is 0 Å². The van der Waals surface area contributed by atoms with E-state index in [0.29, 0.717) is 24.4 Å². The Hall–Kier alpha value is -0.300. The minimum absolute atomic E-state index is 0.524. The maximum Gasteiger partial charge on any atom is 0.186 e. The minimum atomic E-state index is 0.524. The second kappa shape index (κ2) is 6.23. The number of rotatable bonds is 4. The lowest BCUT2D eigenvalue weighted by Crippen LogP contribution is -2.44. The highest BCUT2D eigenvalue weighted by Crippen LogP contribution is 2.33. The van der Waals surface area contributed by atoms with Gasteiger partial charge in [-0.25, -0.2) is 4.98 Å². The molecule has 6 heteroatoms. The molecule has 1 aliphatic rings. The molecule has 2 atom stereocenters. The Bertz CT molecular complexity index is 397. The van der Waals surface area contributed by atoms with Gasteiger partial charge in [-0.1, -0.05) is 6.92 Å². The van der Waals surface area contributed by atoms with Crippen LogP contribution >= 0.6 is 23.1 Å². The van der Waals surface area contributed by atoms with E-state index < -0.39 is 0 Å². The second-order valence-electron chi connectivity index (χ2n) is 4.51. The molecular formula is C12H21N3OS2. The molecule has 0 radical (unpaired) electrons. The molecule has 1 aliphatic heterocycles. The highest BCUT2D eigenvalue weighted by Gasteiger charge is 2.28. The van der Waals surface area contributed by atoms with Crippen LogP contribution in [0.4, 0.5) is 5.13 Å². The smallest absolute Gasteiger partial charge is 0.186 e. The van der Waals surface area contributed by atoms with Crippen molar-refractivity contribution in [2.24, 2.45) is 5.73 Å². The first-order chi connectivity index (χ1) is 8.67. The summed E-state index contributed by atoms with van der Waals surface area (Å²) in [5.41, 5.74) is 6.78. The quantitative estimate of drug-likeness (QED) is 0.919. The largest absolute Gasteiger partial charge is 0.378 e. The minimum Gasteiger partial charge on any atom is -0.378 e. The molecule has 102 valence electrons. The summed E-state index contributed by atoms with van der Waals surface area (Å²) < 4.78 is 5.18. The van der Waals surface area contributed by atoms with Crippen molar-refractivity contribution >= 4 is 28.2 Å². The van der Waals surface area contributed by atoms with Gasteiger partial charge in [0.1, 0.15) is 0 Å². The summed E-state index contributed by atoms with van der Waals surface area (Å²) in [7, 11) is 1.70.